The Morgan fingerprint density at radius 3 is 2.44 bits per heavy atom. The zero-order chi connectivity index (χ0) is 25.3. The zero-order valence-corrected chi connectivity index (χ0v) is 22.1. The maximum atomic E-state index is 13.7. The van der Waals surface area contributed by atoms with Crippen LogP contribution in [0, 0.1) is 5.82 Å². The summed E-state index contributed by atoms with van der Waals surface area (Å²) in [5, 5.41) is 5.81. The van der Waals surface area contributed by atoms with Crippen LogP contribution in [0.3, 0.4) is 0 Å². The molecule has 0 bridgehead atoms. The number of carbonyl (C=O) groups is 1. The first-order chi connectivity index (χ1) is 17.3. The summed E-state index contributed by atoms with van der Waals surface area (Å²) in [4.78, 5) is 18.1. The van der Waals surface area contributed by atoms with E-state index in [2.05, 4.69) is 26.0 Å². The SMILES string of the molecule is O=C(c1ccc(S(=O)(=O)N2CCCC2)cc1)N(/N=C/c1ccc(Br)cc1)c1nc2ccc(F)cc2s1. The number of sulfonamides is 1. The van der Waals surface area contributed by atoms with Crippen molar-refractivity contribution in [2.75, 3.05) is 18.1 Å². The second kappa shape index (κ2) is 10.2. The number of anilines is 1. The molecule has 1 saturated heterocycles. The second-order valence-corrected chi connectivity index (χ2v) is 12.0. The van der Waals surface area contributed by atoms with E-state index in [1.165, 1.54) is 46.9 Å². The number of benzene rings is 3. The average molecular weight is 587 g/mol. The maximum Gasteiger partial charge on any atom is 0.280 e. The Morgan fingerprint density at radius 1 is 1.06 bits per heavy atom. The second-order valence-electron chi connectivity index (χ2n) is 8.16. The van der Waals surface area contributed by atoms with Crippen molar-refractivity contribution < 1.29 is 17.6 Å². The third-order valence-electron chi connectivity index (χ3n) is 5.71. The van der Waals surface area contributed by atoms with Crippen molar-refractivity contribution in [2.45, 2.75) is 17.7 Å². The number of fused-ring (bicyclic) bond motifs is 1. The summed E-state index contributed by atoms with van der Waals surface area (Å²) in [7, 11) is -3.60. The lowest BCUT2D eigenvalue weighted by Gasteiger charge is -2.16. The first kappa shape index (κ1) is 24.7. The molecule has 5 rings (SSSR count). The third kappa shape index (κ3) is 5.10. The van der Waals surface area contributed by atoms with Gasteiger partial charge in [-0.25, -0.2) is 17.8 Å². The summed E-state index contributed by atoms with van der Waals surface area (Å²) in [6.07, 6.45) is 3.21. The van der Waals surface area contributed by atoms with Gasteiger partial charge in [0.2, 0.25) is 15.2 Å². The molecular weight excluding hydrogens is 567 g/mol. The fourth-order valence-electron chi connectivity index (χ4n) is 3.81. The van der Waals surface area contributed by atoms with Gasteiger partial charge in [0.15, 0.2) is 0 Å². The van der Waals surface area contributed by atoms with Crippen molar-refractivity contribution in [3.05, 3.63) is 88.1 Å². The monoisotopic (exact) mass is 586 g/mol. The van der Waals surface area contributed by atoms with Crippen LogP contribution in [0.4, 0.5) is 9.52 Å². The van der Waals surface area contributed by atoms with Crippen LogP contribution in [0.25, 0.3) is 10.2 Å². The molecule has 0 spiro atoms. The van der Waals surface area contributed by atoms with Crippen LogP contribution in [-0.2, 0) is 10.0 Å². The zero-order valence-electron chi connectivity index (χ0n) is 18.8. The van der Waals surface area contributed by atoms with E-state index in [-0.39, 0.29) is 15.6 Å². The van der Waals surface area contributed by atoms with Gasteiger partial charge in [0, 0.05) is 23.1 Å². The lowest BCUT2D eigenvalue weighted by atomic mass is 10.2. The van der Waals surface area contributed by atoms with Crippen molar-refractivity contribution in [3.63, 3.8) is 0 Å². The molecule has 0 saturated carbocycles. The van der Waals surface area contributed by atoms with E-state index < -0.39 is 21.7 Å². The lowest BCUT2D eigenvalue weighted by Crippen LogP contribution is -2.28. The summed E-state index contributed by atoms with van der Waals surface area (Å²) >= 11 is 4.52. The first-order valence-corrected chi connectivity index (χ1v) is 14.2. The van der Waals surface area contributed by atoms with E-state index >= 15 is 0 Å². The van der Waals surface area contributed by atoms with Gasteiger partial charge >= 0.3 is 0 Å². The van der Waals surface area contributed by atoms with Gasteiger partial charge in [-0.15, -0.1) is 0 Å². The number of rotatable bonds is 6. The van der Waals surface area contributed by atoms with Crippen LogP contribution in [-0.4, -0.2) is 42.9 Å². The van der Waals surface area contributed by atoms with Gasteiger partial charge in [-0.1, -0.05) is 39.4 Å². The summed E-state index contributed by atoms with van der Waals surface area (Å²) < 4.78 is 42.4. The number of carbonyl (C=O) groups excluding carboxylic acids is 1. The maximum absolute atomic E-state index is 13.7. The molecule has 4 aromatic rings. The molecule has 0 N–H and O–H groups in total. The smallest absolute Gasteiger partial charge is 0.267 e. The van der Waals surface area contributed by atoms with E-state index in [9.17, 15) is 17.6 Å². The quantitative estimate of drug-likeness (QED) is 0.215. The van der Waals surface area contributed by atoms with Crippen molar-refractivity contribution in [2.24, 2.45) is 5.10 Å². The predicted octanol–water partition coefficient (Wildman–Crippen LogP) is 5.66. The number of hydrazone groups is 1. The number of aromatic nitrogens is 1. The Hall–Kier alpha value is -2.99. The molecule has 1 aromatic heterocycles. The number of amides is 1. The lowest BCUT2D eigenvalue weighted by molar-refractivity contribution is 0.0987. The fourth-order valence-corrected chi connectivity index (χ4v) is 6.54. The highest BCUT2D eigenvalue weighted by Gasteiger charge is 2.28. The number of halogens is 2. The molecule has 11 heteroatoms. The standard InChI is InChI=1S/C25H20BrFN4O3S2/c26-19-7-3-17(4-8-19)16-28-31(25-29-22-12-9-20(27)15-23(22)35-25)24(32)18-5-10-21(11-6-18)36(33,34)30-13-1-2-14-30/h3-12,15-16H,1-2,13-14H2/b28-16+. The summed E-state index contributed by atoms with van der Waals surface area (Å²) in [5.74, 6) is -0.892. The van der Waals surface area contributed by atoms with E-state index in [4.69, 9.17) is 0 Å². The normalized spacial score (nSPS) is 14.6. The molecule has 0 atom stereocenters. The van der Waals surface area contributed by atoms with Gasteiger partial charge in [-0.2, -0.15) is 14.4 Å². The minimum atomic E-state index is -3.60. The topological polar surface area (TPSA) is 82.9 Å². The van der Waals surface area contributed by atoms with Gasteiger partial charge in [0.05, 0.1) is 21.3 Å². The molecular formula is C25H20BrFN4O3S2. The summed E-state index contributed by atoms with van der Waals surface area (Å²) in [6.45, 7) is 1.000. The third-order valence-corrected chi connectivity index (χ3v) is 9.14. The molecule has 7 nitrogen and oxygen atoms in total. The van der Waals surface area contributed by atoms with Crippen LogP contribution in [0.5, 0.6) is 0 Å². The van der Waals surface area contributed by atoms with Gasteiger partial charge in [-0.05, 0) is 73.0 Å². The highest BCUT2D eigenvalue weighted by Crippen LogP contribution is 2.31. The molecule has 0 unspecified atom stereocenters. The predicted molar refractivity (Wildman–Crippen MR) is 143 cm³/mol. The highest BCUT2D eigenvalue weighted by atomic mass is 79.9. The molecule has 1 amide bonds. The minimum Gasteiger partial charge on any atom is -0.267 e. The van der Waals surface area contributed by atoms with Gasteiger partial charge in [0.25, 0.3) is 5.91 Å². The Kier molecular flexibility index (Phi) is 6.98. The van der Waals surface area contributed by atoms with Gasteiger partial charge in [-0.3, -0.25) is 4.79 Å². The number of thiazole rings is 1. The molecule has 3 aromatic carbocycles. The minimum absolute atomic E-state index is 0.140. The fraction of sp³-hybridized carbons (Fsp3) is 0.160. The highest BCUT2D eigenvalue weighted by molar-refractivity contribution is 9.10. The molecule has 184 valence electrons. The van der Waals surface area contributed by atoms with E-state index in [1.54, 1.807) is 6.07 Å². The number of nitrogens with zero attached hydrogens (tertiary/aromatic N) is 4. The molecule has 0 aliphatic carbocycles. The van der Waals surface area contributed by atoms with Crippen molar-refractivity contribution >= 4 is 64.8 Å². The van der Waals surface area contributed by atoms with E-state index in [0.29, 0.717) is 23.3 Å². The van der Waals surface area contributed by atoms with E-state index in [0.717, 1.165) is 39.2 Å². The van der Waals surface area contributed by atoms with Crippen molar-refractivity contribution in [3.8, 4) is 0 Å². The van der Waals surface area contributed by atoms with Crippen molar-refractivity contribution in [1.82, 2.24) is 9.29 Å². The molecule has 1 aliphatic rings. The average Bonchev–Trinajstić information content (AvgIpc) is 3.56. The summed E-state index contributed by atoms with van der Waals surface area (Å²) in [5.41, 5.74) is 1.55. The van der Waals surface area contributed by atoms with Gasteiger partial charge in [0.1, 0.15) is 5.82 Å². The molecule has 36 heavy (non-hydrogen) atoms. The molecule has 2 heterocycles. The van der Waals surface area contributed by atoms with E-state index in [1.807, 2.05) is 24.3 Å². The Bertz CT molecular complexity index is 1550. The van der Waals surface area contributed by atoms with Crippen LogP contribution >= 0.6 is 27.3 Å². The number of hydrogen-bond donors (Lipinski definition) is 0. The van der Waals surface area contributed by atoms with Crippen LogP contribution in [0.15, 0.2) is 81.2 Å². The Labute approximate surface area is 220 Å². The Morgan fingerprint density at radius 2 is 1.75 bits per heavy atom. The largest absolute Gasteiger partial charge is 0.280 e. The van der Waals surface area contributed by atoms with Crippen LogP contribution in [0.1, 0.15) is 28.8 Å². The van der Waals surface area contributed by atoms with Crippen LogP contribution < -0.4 is 5.01 Å². The van der Waals surface area contributed by atoms with Crippen LogP contribution in [0.2, 0.25) is 0 Å². The Balaban J connectivity index is 1.49. The van der Waals surface area contributed by atoms with Crippen molar-refractivity contribution in [1.29, 1.82) is 0 Å². The molecule has 1 fully saturated rings. The van der Waals surface area contributed by atoms with Gasteiger partial charge < -0.3 is 0 Å². The molecule has 0 radical (unpaired) electrons. The summed E-state index contributed by atoms with van der Waals surface area (Å²) in [6, 6.07) is 17.4. The molecule has 1 aliphatic heterocycles. The number of hydrogen-bond acceptors (Lipinski definition) is 6. The first-order valence-electron chi connectivity index (χ1n) is 11.1.